The Morgan fingerprint density at radius 3 is 2.36 bits per heavy atom. The number of aryl methyl sites for hydroxylation is 3. The molecule has 25 heavy (non-hydrogen) atoms. The summed E-state index contributed by atoms with van der Waals surface area (Å²) in [6, 6.07) is 9.97. The highest BCUT2D eigenvalue weighted by Crippen LogP contribution is 2.35. The molecule has 0 unspecified atom stereocenters. The molecule has 0 bridgehead atoms. The first-order chi connectivity index (χ1) is 11.9. The van der Waals surface area contributed by atoms with Crippen molar-refractivity contribution in [3.05, 3.63) is 47.0 Å². The summed E-state index contributed by atoms with van der Waals surface area (Å²) < 4.78 is 11.1. The molecule has 0 saturated heterocycles. The molecule has 3 rings (SSSR count). The lowest BCUT2D eigenvalue weighted by molar-refractivity contribution is -0.115. The zero-order valence-corrected chi connectivity index (χ0v) is 15.8. The molecule has 1 heterocycles. The van der Waals surface area contributed by atoms with Crippen LogP contribution in [0.5, 0.6) is 11.5 Å². The molecule has 1 atom stereocenters. The summed E-state index contributed by atoms with van der Waals surface area (Å²) in [5.74, 6) is 1.50. The number of hydrogen-bond donors (Lipinski definition) is 1. The van der Waals surface area contributed by atoms with Gasteiger partial charge in [-0.25, -0.2) is 0 Å². The van der Waals surface area contributed by atoms with E-state index in [2.05, 4.69) is 24.4 Å². The van der Waals surface area contributed by atoms with Crippen LogP contribution < -0.4 is 14.8 Å². The fraction of sp³-hybridized carbons (Fsp3) is 0.350. The zero-order chi connectivity index (χ0) is 18.0. The first-order valence-electron chi connectivity index (χ1n) is 8.39. The Kier molecular flexibility index (Phi) is 5.23. The second kappa shape index (κ2) is 7.40. The molecule has 1 N–H and O–H groups in total. The molecule has 0 spiro atoms. The van der Waals surface area contributed by atoms with Crippen LogP contribution in [0.25, 0.3) is 0 Å². The summed E-state index contributed by atoms with van der Waals surface area (Å²) in [6.07, 6.45) is 0. The minimum absolute atomic E-state index is 0.00468. The van der Waals surface area contributed by atoms with Gasteiger partial charge in [0.2, 0.25) is 5.91 Å². The molecule has 5 heteroatoms. The Balaban J connectivity index is 1.69. The monoisotopic (exact) mass is 357 g/mol. The summed E-state index contributed by atoms with van der Waals surface area (Å²) >= 11 is 1.51. The van der Waals surface area contributed by atoms with Crippen LogP contribution in [-0.2, 0) is 4.79 Å². The van der Waals surface area contributed by atoms with Gasteiger partial charge in [-0.1, -0.05) is 17.7 Å². The highest BCUT2D eigenvalue weighted by Gasteiger charge is 2.18. The Hall–Kier alpha value is -2.14. The van der Waals surface area contributed by atoms with Gasteiger partial charge in [0.05, 0.1) is 5.25 Å². The minimum atomic E-state index is -0.220. The van der Waals surface area contributed by atoms with Gasteiger partial charge in [-0.2, -0.15) is 0 Å². The van der Waals surface area contributed by atoms with Crippen LogP contribution in [0.4, 0.5) is 5.69 Å². The lowest BCUT2D eigenvalue weighted by Gasteiger charge is -2.20. The van der Waals surface area contributed by atoms with Gasteiger partial charge in [0, 0.05) is 10.6 Å². The standard InChI is InChI=1S/C20H23NO3S/c1-12-9-13(2)19(14(3)10-12)21-20(22)15(4)25-16-5-6-17-18(11-16)24-8-7-23-17/h5-6,9-11,15H,7-8H2,1-4H3,(H,21,22)/t15-/m0/s1. The summed E-state index contributed by atoms with van der Waals surface area (Å²) in [5, 5.41) is 2.85. The Morgan fingerprint density at radius 1 is 1.04 bits per heavy atom. The first kappa shape index (κ1) is 17.7. The van der Waals surface area contributed by atoms with Crippen LogP contribution in [-0.4, -0.2) is 24.4 Å². The van der Waals surface area contributed by atoms with Gasteiger partial charge < -0.3 is 14.8 Å². The van der Waals surface area contributed by atoms with Crippen molar-refractivity contribution in [1.29, 1.82) is 0 Å². The summed E-state index contributed by atoms with van der Waals surface area (Å²) in [4.78, 5) is 13.6. The minimum Gasteiger partial charge on any atom is -0.486 e. The van der Waals surface area contributed by atoms with E-state index in [4.69, 9.17) is 9.47 Å². The van der Waals surface area contributed by atoms with Crippen molar-refractivity contribution in [2.45, 2.75) is 37.8 Å². The van der Waals surface area contributed by atoms with Gasteiger partial charge >= 0.3 is 0 Å². The third kappa shape index (κ3) is 4.10. The lowest BCUT2D eigenvalue weighted by atomic mass is 10.1. The maximum atomic E-state index is 12.6. The molecule has 0 fully saturated rings. The normalized spacial score (nSPS) is 14.1. The van der Waals surface area contributed by atoms with Crippen LogP contribution in [0, 0.1) is 20.8 Å². The maximum Gasteiger partial charge on any atom is 0.237 e. The summed E-state index contributed by atoms with van der Waals surface area (Å²) in [6.45, 7) is 9.15. The third-order valence-electron chi connectivity index (χ3n) is 4.12. The van der Waals surface area contributed by atoms with Crippen LogP contribution in [0.3, 0.4) is 0 Å². The number of anilines is 1. The molecule has 0 saturated carbocycles. The fourth-order valence-corrected chi connectivity index (χ4v) is 3.85. The van der Waals surface area contributed by atoms with E-state index in [9.17, 15) is 4.79 Å². The number of fused-ring (bicyclic) bond motifs is 1. The first-order valence-corrected chi connectivity index (χ1v) is 9.27. The fourth-order valence-electron chi connectivity index (χ4n) is 2.96. The zero-order valence-electron chi connectivity index (χ0n) is 15.0. The van der Waals surface area contributed by atoms with Gasteiger partial charge in [0.1, 0.15) is 13.2 Å². The molecule has 1 aliphatic heterocycles. The number of carbonyl (C=O) groups is 1. The number of nitrogens with one attached hydrogen (secondary N) is 1. The van der Waals surface area contributed by atoms with Crippen LogP contribution in [0.1, 0.15) is 23.6 Å². The van der Waals surface area contributed by atoms with Crippen molar-refractivity contribution in [3.63, 3.8) is 0 Å². The second-order valence-corrected chi connectivity index (χ2v) is 7.74. The average molecular weight is 357 g/mol. The van der Waals surface area contributed by atoms with E-state index in [1.54, 1.807) is 0 Å². The highest BCUT2D eigenvalue weighted by molar-refractivity contribution is 8.00. The van der Waals surface area contributed by atoms with Gasteiger partial charge in [-0.05, 0) is 57.0 Å². The van der Waals surface area contributed by atoms with Crippen LogP contribution in [0.2, 0.25) is 0 Å². The van der Waals surface area contributed by atoms with Gasteiger partial charge in [0.15, 0.2) is 11.5 Å². The number of rotatable bonds is 4. The van der Waals surface area contributed by atoms with Crippen molar-refractivity contribution < 1.29 is 14.3 Å². The van der Waals surface area contributed by atoms with Gasteiger partial charge in [-0.15, -0.1) is 11.8 Å². The molecule has 1 aliphatic rings. The van der Waals surface area contributed by atoms with E-state index >= 15 is 0 Å². The van der Waals surface area contributed by atoms with E-state index in [0.717, 1.165) is 33.2 Å². The second-order valence-electron chi connectivity index (χ2n) is 6.33. The number of benzene rings is 2. The van der Waals surface area contributed by atoms with Crippen molar-refractivity contribution >= 4 is 23.4 Å². The molecule has 4 nitrogen and oxygen atoms in total. The molecule has 2 aromatic carbocycles. The maximum absolute atomic E-state index is 12.6. The average Bonchev–Trinajstić information content (AvgIpc) is 2.57. The van der Waals surface area contributed by atoms with Crippen molar-refractivity contribution in [2.24, 2.45) is 0 Å². The number of thioether (sulfide) groups is 1. The predicted molar refractivity (Wildman–Crippen MR) is 102 cm³/mol. The highest BCUT2D eigenvalue weighted by atomic mass is 32.2. The Morgan fingerprint density at radius 2 is 1.68 bits per heavy atom. The van der Waals surface area contributed by atoms with E-state index in [-0.39, 0.29) is 11.2 Å². The van der Waals surface area contributed by atoms with Gasteiger partial charge in [0.25, 0.3) is 0 Å². The summed E-state index contributed by atoms with van der Waals surface area (Å²) in [5.41, 5.74) is 4.28. The SMILES string of the molecule is Cc1cc(C)c(NC(=O)[C@H](C)Sc2ccc3c(c2)OCCO3)c(C)c1. The largest absolute Gasteiger partial charge is 0.486 e. The van der Waals surface area contributed by atoms with E-state index in [1.165, 1.54) is 17.3 Å². The van der Waals surface area contributed by atoms with Crippen molar-refractivity contribution in [1.82, 2.24) is 0 Å². The lowest BCUT2D eigenvalue weighted by Crippen LogP contribution is -2.23. The number of hydrogen-bond acceptors (Lipinski definition) is 4. The van der Waals surface area contributed by atoms with E-state index in [1.807, 2.05) is 39.0 Å². The smallest absolute Gasteiger partial charge is 0.237 e. The molecule has 2 aromatic rings. The number of amides is 1. The molecule has 132 valence electrons. The molecular formula is C20H23NO3S. The summed E-state index contributed by atoms with van der Waals surface area (Å²) in [7, 11) is 0. The van der Waals surface area contributed by atoms with Gasteiger partial charge in [-0.3, -0.25) is 4.79 Å². The molecule has 1 amide bonds. The molecular weight excluding hydrogens is 334 g/mol. The molecule has 0 aliphatic carbocycles. The topological polar surface area (TPSA) is 47.6 Å². The van der Waals surface area contributed by atoms with E-state index in [0.29, 0.717) is 13.2 Å². The quantitative estimate of drug-likeness (QED) is 0.818. The predicted octanol–water partition coefficient (Wildman–Crippen LogP) is 4.50. The Bertz CT molecular complexity index is 781. The number of ether oxygens (including phenoxy) is 2. The van der Waals surface area contributed by atoms with E-state index < -0.39 is 0 Å². The third-order valence-corrected chi connectivity index (χ3v) is 5.21. The van der Waals surface area contributed by atoms with Crippen molar-refractivity contribution in [3.8, 4) is 11.5 Å². The molecule has 0 radical (unpaired) electrons. The molecule has 0 aromatic heterocycles. The van der Waals surface area contributed by atoms with Crippen LogP contribution >= 0.6 is 11.8 Å². The van der Waals surface area contributed by atoms with Crippen LogP contribution in [0.15, 0.2) is 35.2 Å². The Labute approximate surface area is 152 Å². The number of carbonyl (C=O) groups excluding carboxylic acids is 1. The van der Waals surface area contributed by atoms with Crippen molar-refractivity contribution in [2.75, 3.05) is 18.5 Å².